The quantitative estimate of drug-likeness (QED) is 0.902. The Morgan fingerprint density at radius 2 is 2.24 bits per heavy atom. The van der Waals surface area contributed by atoms with Gasteiger partial charge in [0.05, 0.1) is 0 Å². The molecule has 7 nitrogen and oxygen atoms in total. The molecule has 1 fully saturated rings. The van der Waals surface area contributed by atoms with E-state index < -0.39 is 5.60 Å². The number of aromatic nitrogens is 3. The highest BCUT2D eigenvalue weighted by molar-refractivity contribution is 6.28. The third kappa shape index (κ3) is 5.00. The van der Waals surface area contributed by atoms with Gasteiger partial charge in [0.1, 0.15) is 11.9 Å². The molecule has 0 spiro atoms. The van der Waals surface area contributed by atoms with Crippen LogP contribution in [0.5, 0.6) is 0 Å². The molecule has 0 saturated carbocycles. The third-order valence-electron chi connectivity index (χ3n) is 2.95. The van der Waals surface area contributed by atoms with Gasteiger partial charge in [0.25, 0.3) is 0 Å². The molecule has 0 aliphatic carbocycles. The molecule has 1 aromatic heterocycles. The number of nitrogens with one attached hydrogen (secondary N) is 1. The van der Waals surface area contributed by atoms with E-state index in [1.807, 2.05) is 20.8 Å². The number of nitrogens with zero attached hydrogens (tertiary/aromatic N) is 4. The molecule has 0 bridgehead atoms. The molecular formula is C13H20ClN5O2. The molecule has 1 amide bonds. The number of hydrogen-bond donors (Lipinski definition) is 1. The first-order valence-corrected chi connectivity index (χ1v) is 7.30. The SMILES string of the molecule is CC(C)(C)OC(=O)N1CCC[C@H](Nc2ncnc(Cl)n2)C1. The van der Waals surface area contributed by atoms with Crippen molar-refractivity contribution in [2.45, 2.75) is 45.3 Å². The maximum absolute atomic E-state index is 12.1. The lowest BCUT2D eigenvalue weighted by Gasteiger charge is -2.34. The Morgan fingerprint density at radius 3 is 2.90 bits per heavy atom. The van der Waals surface area contributed by atoms with Crippen molar-refractivity contribution in [1.29, 1.82) is 0 Å². The molecule has 21 heavy (non-hydrogen) atoms. The molecule has 1 aliphatic heterocycles. The average molecular weight is 314 g/mol. The number of hydrogen-bond acceptors (Lipinski definition) is 6. The number of likely N-dealkylation sites (tertiary alicyclic amines) is 1. The van der Waals surface area contributed by atoms with Crippen LogP contribution in [0.3, 0.4) is 0 Å². The smallest absolute Gasteiger partial charge is 0.410 e. The van der Waals surface area contributed by atoms with Gasteiger partial charge in [0.15, 0.2) is 0 Å². The van der Waals surface area contributed by atoms with Crippen molar-refractivity contribution in [2.24, 2.45) is 0 Å². The van der Waals surface area contributed by atoms with E-state index in [-0.39, 0.29) is 17.4 Å². The van der Waals surface area contributed by atoms with Crippen molar-refractivity contribution in [1.82, 2.24) is 19.9 Å². The Labute approximate surface area is 129 Å². The van der Waals surface area contributed by atoms with E-state index >= 15 is 0 Å². The highest BCUT2D eigenvalue weighted by Gasteiger charge is 2.27. The van der Waals surface area contributed by atoms with Crippen molar-refractivity contribution in [3.63, 3.8) is 0 Å². The second-order valence-corrected chi connectivity index (χ2v) is 6.33. The molecule has 8 heteroatoms. The summed E-state index contributed by atoms with van der Waals surface area (Å²) in [5, 5.41) is 3.32. The molecule has 0 unspecified atom stereocenters. The molecule has 0 aromatic carbocycles. The predicted molar refractivity (Wildman–Crippen MR) is 79.3 cm³/mol. The van der Waals surface area contributed by atoms with E-state index in [0.717, 1.165) is 12.8 Å². The number of carbonyl (C=O) groups excluding carboxylic acids is 1. The van der Waals surface area contributed by atoms with E-state index in [9.17, 15) is 4.79 Å². The topological polar surface area (TPSA) is 80.2 Å². The van der Waals surface area contributed by atoms with Crippen LogP contribution in [0.15, 0.2) is 6.33 Å². The largest absolute Gasteiger partial charge is 0.444 e. The molecule has 0 radical (unpaired) electrons. The number of piperidine rings is 1. The fourth-order valence-corrected chi connectivity index (χ4v) is 2.24. The number of carbonyl (C=O) groups is 1. The van der Waals surface area contributed by atoms with Gasteiger partial charge in [0, 0.05) is 19.1 Å². The summed E-state index contributed by atoms with van der Waals surface area (Å²) >= 11 is 5.73. The first kappa shape index (κ1) is 15.8. The van der Waals surface area contributed by atoms with Crippen molar-refractivity contribution in [3.05, 3.63) is 11.6 Å². The monoisotopic (exact) mass is 313 g/mol. The van der Waals surface area contributed by atoms with Gasteiger partial charge < -0.3 is 15.0 Å². The van der Waals surface area contributed by atoms with Crippen molar-refractivity contribution >= 4 is 23.6 Å². The lowest BCUT2D eigenvalue weighted by Crippen LogP contribution is -2.47. The predicted octanol–water partition coefficient (Wildman–Crippen LogP) is 2.34. The van der Waals surface area contributed by atoms with Crippen LogP contribution in [0.1, 0.15) is 33.6 Å². The zero-order valence-electron chi connectivity index (χ0n) is 12.5. The molecule has 1 atom stereocenters. The second-order valence-electron chi connectivity index (χ2n) is 5.99. The van der Waals surface area contributed by atoms with Gasteiger partial charge in [-0.2, -0.15) is 4.98 Å². The van der Waals surface area contributed by atoms with Gasteiger partial charge in [-0.05, 0) is 45.2 Å². The van der Waals surface area contributed by atoms with Gasteiger partial charge in [-0.25, -0.2) is 14.8 Å². The summed E-state index contributed by atoms with van der Waals surface area (Å²) in [6.07, 6.45) is 2.90. The Bertz CT molecular complexity index is 506. The van der Waals surface area contributed by atoms with Crippen LogP contribution in [-0.2, 0) is 4.74 Å². The zero-order valence-corrected chi connectivity index (χ0v) is 13.2. The van der Waals surface area contributed by atoms with Crippen LogP contribution in [0.2, 0.25) is 5.28 Å². The molecule has 116 valence electrons. The molecule has 1 N–H and O–H groups in total. The Morgan fingerprint density at radius 1 is 1.48 bits per heavy atom. The highest BCUT2D eigenvalue weighted by Crippen LogP contribution is 2.17. The summed E-state index contributed by atoms with van der Waals surface area (Å²) in [5.41, 5.74) is -0.487. The first-order chi connectivity index (χ1) is 9.83. The van der Waals surface area contributed by atoms with E-state index in [1.165, 1.54) is 6.33 Å². The Hall–Kier alpha value is -1.63. The van der Waals surface area contributed by atoms with Crippen LogP contribution < -0.4 is 5.32 Å². The van der Waals surface area contributed by atoms with Gasteiger partial charge in [0.2, 0.25) is 11.2 Å². The van der Waals surface area contributed by atoms with Crippen LogP contribution in [-0.4, -0.2) is 50.7 Å². The summed E-state index contributed by atoms with van der Waals surface area (Å²) in [7, 11) is 0. The summed E-state index contributed by atoms with van der Waals surface area (Å²) in [6.45, 7) is 6.83. The third-order valence-corrected chi connectivity index (χ3v) is 3.13. The Balaban J connectivity index is 1.93. The summed E-state index contributed by atoms with van der Waals surface area (Å²) in [6, 6.07) is 0.0738. The van der Waals surface area contributed by atoms with Gasteiger partial charge in [-0.15, -0.1) is 0 Å². The number of ether oxygens (including phenoxy) is 1. The minimum atomic E-state index is -0.487. The van der Waals surface area contributed by atoms with E-state index in [4.69, 9.17) is 16.3 Å². The normalized spacial score (nSPS) is 19.2. The van der Waals surface area contributed by atoms with E-state index in [2.05, 4.69) is 20.3 Å². The molecule has 1 aliphatic rings. The maximum atomic E-state index is 12.1. The van der Waals surface area contributed by atoms with Crippen LogP contribution in [0, 0.1) is 0 Å². The first-order valence-electron chi connectivity index (χ1n) is 6.92. The Kier molecular flexibility index (Phi) is 4.82. The maximum Gasteiger partial charge on any atom is 0.410 e. The molecule has 1 saturated heterocycles. The minimum absolute atomic E-state index is 0.0738. The van der Waals surface area contributed by atoms with Crippen molar-refractivity contribution in [2.75, 3.05) is 18.4 Å². The lowest BCUT2D eigenvalue weighted by atomic mass is 10.1. The fourth-order valence-electron chi connectivity index (χ4n) is 2.12. The summed E-state index contributed by atoms with van der Waals surface area (Å²) < 4.78 is 5.39. The van der Waals surface area contributed by atoms with E-state index in [0.29, 0.717) is 19.0 Å². The van der Waals surface area contributed by atoms with Gasteiger partial charge in [-0.3, -0.25) is 0 Å². The number of halogens is 1. The zero-order chi connectivity index (χ0) is 15.5. The van der Waals surface area contributed by atoms with Crippen LogP contribution in [0.4, 0.5) is 10.7 Å². The summed E-state index contributed by atoms with van der Waals surface area (Å²) in [4.78, 5) is 25.5. The van der Waals surface area contributed by atoms with Gasteiger partial charge in [-0.1, -0.05) is 0 Å². The van der Waals surface area contributed by atoms with Crippen LogP contribution >= 0.6 is 11.6 Å². The van der Waals surface area contributed by atoms with Gasteiger partial charge >= 0.3 is 6.09 Å². The molecule has 2 rings (SSSR count). The minimum Gasteiger partial charge on any atom is -0.444 e. The average Bonchev–Trinajstić information content (AvgIpc) is 2.37. The second kappa shape index (κ2) is 6.43. The summed E-state index contributed by atoms with van der Waals surface area (Å²) in [5.74, 6) is 0.422. The molecular weight excluding hydrogens is 294 g/mol. The number of amides is 1. The number of anilines is 1. The number of rotatable bonds is 2. The molecule has 2 heterocycles. The van der Waals surface area contributed by atoms with E-state index in [1.54, 1.807) is 4.90 Å². The van der Waals surface area contributed by atoms with Crippen LogP contribution in [0.25, 0.3) is 0 Å². The van der Waals surface area contributed by atoms with Crippen molar-refractivity contribution in [3.8, 4) is 0 Å². The lowest BCUT2D eigenvalue weighted by molar-refractivity contribution is 0.0206. The highest BCUT2D eigenvalue weighted by atomic mass is 35.5. The van der Waals surface area contributed by atoms with Crippen molar-refractivity contribution < 1.29 is 9.53 Å². The standard InChI is InChI=1S/C13H20ClN5O2/c1-13(2,3)21-12(20)19-6-4-5-9(7-19)17-11-16-8-15-10(14)18-11/h8-9H,4-7H2,1-3H3,(H,15,16,17,18)/t9-/m0/s1. The fraction of sp³-hybridized carbons (Fsp3) is 0.692. The molecule has 1 aromatic rings.